The fourth-order valence-corrected chi connectivity index (χ4v) is 2.44. The number of aliphatic hydroxyl groups excluding tert-OH is 1. The number of hydrogen-bond donors (Lipinski definition) is 2. The largest absolute Gasteiger partial charge is 0.394 e. The molecule has 0 amide bonds. The third-order valence-electron chi connectivity index (χ3n) is 2.61. The molecule has 4 nitrogen and oxygen atoms in total. The highest BCUT2D eigenvalue weighted by Crippen LogP contribution is 2.19. The van der Waals surface area contributed by atoms with Crippen LogP contribution in [0.2, 0.25) is 0 Å². The van der Waals surface area contributed by atoms with Crippen molar-refractivity contribution in [2.75, 3.05) is 18.9 Å². The molecular formula is C12H21N3OS. The molecule has 1 unspecified atom stereocenters. The quantitative estimate of drug-likeness (QED) is 0.547. The molecule has 0 fully saturated rings. The summed E-state index contributed by atoms with van der Waals surface area (Å²) in [5.74, 6) is 0.935. The molecule has 1 aromatic heterocycles. The van der Waals surface area contributed by atoms with E-state index in [1.54, 1.807) is 24.3 Å². The maximum atomic E-state index is 9.41. The zero-order valence-corrected chi connectivity index (χ0v) is 11.3. The van der Waals surface area contributed by atoms with Gasteiger partial charge in [0.1, 0.15) is 6.33 Å². The number of aliphatic hydroxyl groups is 1. The van der Waals surface area contributed by atoms with Crippen LogP contribution in [0, 0.1) is 0 Å². The minimum atomic E-state index is -0.184. The molecule has 96 valence electrons. The highest BCUT2D eigenvalue weighted by Gasteiger charge is 2.21. The minimum Gasteiger partial charge on any atom is -0.394 e. The number of nitrogens with one attached hydrogen (secondary N) is 1. The SMILES string of the molecule is CCCNC(C)(CO)CCSc1ccncn1. The van der Waals surface area contributed by atoms with Crippen molar-refractivity contribution in [1.82, 2.24) is 15.3 Å². The molecule has 0 aliphatic heterocycles. The van der Waals surface area contributed by atoms with E-state index in [4.69, 9.17) is 0 Å². The van der Waals surface area contributed by atoms with Crippen molar-refractivity contribution in [2.45, 2.75) is 37.3 Å². The predicted octanol–water partition coefficient (Wildman–Crippen LogP) is 1.71. The number of thioether (sulfide) groups is 1. The van der Waals surface area contributed by atoms with Crippen molar-refractivity contribution in [2.24, 2.45) is 0 Å². The standard InChI is InChI=1S/C12H21N3OS/c1-3-6-15-12(2,9-16)5-8-17-11-4-7-13-10-14-11/h4,7,10,15-16H,3,5-6,8-9H2,1-2H3. The van der Waals surface area contributed by atoms with Gasteiger partial charge in [0.15, 0.2) is 0 Å². The summed E-state index contributed by atoms with van der Waals surface area (Å²) in [5.41, 5.74) is -0.184. The molecular weight excluding hydrogens is 234 g/mol. The molecule has 0 aliphatic carbocycles. The van der Waals surface area contributed by atoms with E-state index in [1.807, 2.05) is 6.07 Å². The van der Waals surface area contributed by atoms with E-state index < -0.39 is 0 Å². The van der Waals surface area contributed by atoms with Crippen LogP contribution in [0.4, 0.5) is 0 Å². The average Bonchev–Trinajstić information content (AvgIpc) is 2.38. The first-order valence-corrected chi connectivity index (χ1v) is 6.93. The van der Waals surface area contributed by atoms with Crippen molar-refractivity contribution in [1.29, 1.82) is 0 Å². The van der Waals surface area contributed by atoms with E-state index in [1.165, 1.54) is 0 Å². The normalized spacial score (nSPS) is 14.5. The predicted molar refractivity (Wildman–Crippen MR) is 71.2 cm³/mol. The van der Waals surface area contributed by atoms with Gasteiger partial charge in [0.25, 0.3) is 0 Å². The van der Waals surface area contributed by atoms with Gasteiger partial charge in [-0.25, -0.2) is 9.97 Å². The summed E-state index contributed by atoms with van der Waals surface area (Å²) in [6.45, 7) is 5.29. The van der Waals surface area contributed by atoms with Gasteiger partial charge in [-0.15, -0.1) is 11.8 Å². The second kappa shape index (κ2) is 7.63. The first kappa shape index (κ1) is 14.4. The van der Waals surface area contributed by atoms with Crippen LogP contribution in [0.15, 0.2) is 23.6 Å². The lowest BCUT2D eigenvalue weighted by Crippen LogP contribution is -2.46. The summed E-state index contributed by atoms with van der Waals surface area (Å²) in [6, 6.07) is 1.90. The first-order valence-electron chi connectivity index (χ1n) is 5.95. The fraction of sp³-hybridized carbons (Fsp3) is 0.667. The molecule has 0 bridgehead atoms. The summed E-state index contributed by atoms with van der Waals surface area (Å²) >= 11 is 1.69. The highest BCUT2D eigenvalue weighted by atomic mass is 32.2. The highest BCUT2D eigenvalue weighted by molar-refractivity contribution is 7.99. The van der Waals surface area contributed by atoms with Crippen molar-refractivity contribution in [3.8, 4) is 0 Å². The first-order chi connectivity index (χ1) is 8.20. The van der Waals surface area contributed by atoms with Crippen LogP contribution in [0.3, 0.4) is 0 Å². The minimum absolute atomic E-state index is 0.164. The van der Waals surface area contributed by atoms with Crippen LogP contribution in [0.25, 0.3) is 0 Å². The van der Waals surface area contributed by atoms with Crippen molar-refractivity contribution < 1.29 is 5.11 Å². The zero-order valence-electron chi connectivity index (χ0n) is 10.5. The van der Waals surface area contributed by atoms with Gasteiger partial charge < -0.3 is 10.4 Å². The molecule has 1 atom stereocenters. The molecule has 0 aromatic carbocycles. The van der Waals surface area contributed by atoms with Crippen molar-refractivity contribution in [3.05, 3.63) is 18.6 Å². The lowest BCUT2D eigenvalue weighted by Gasteiger charge is -2.28. The van der Waals surface area contributed by atoms with Crippen LogP contribution in [0.5, 0.6) is 0 Å². The lowest BCUT2D eigenvalue weighted by molar-refractivity contribution is 0.171. The molecule has 5 heteroatoms. The molecule has 0 spiro atoms. The Labute approximate surface area is 107 Å². The third kappa shape index (κ3) is 5.48. The second-order valence-corrected chi connectivity index (χ2v) is 5.41. The molecule has 17 heavy (non-hydrogen) atoms. The van der Waals surface area contributed by atoms with Gasteiger partial charge in [-0.1, -0.05) is 6.92 Å². The Morgan fingerprint density at radius 3 is 2.94 bits per heavy atom. The van der Waals surface area contributed by atoms with Gasteiger partial charge in [0, 0.05) is 17.5 Å². The topological polar surface area (TPSA) is 58.0 Å². The van der Waals surface area contributed by atoms with Gasteiger partial charge >= 0.3 is 0 Å². The average molecular weight is 255 g/mol. The van der Waals surface area contributed by atoms with E-state index in [-0.39, 0.29) is 12.1 Å². The molecule has 0 aliphatic rings. The molecule has 0 saturated carbocycles. The molecule has 1 heterocycles. The van der Waals surface area contributed by atoms with Gasteiger partial charge in [-0.2, -0.15) is 0 Å². The van der Waals surface area contributed by atoms with Crippen LogP contribution in [-0.2, 0) is 0 Å². The van der Waals surface area contributed by atoms with E-state index in [0.717, 1.165) is 30.2 Å². The Hall–Kier alpha value is -0.650. The Balaban J connectivity index is 2.32. The van der Waals surface area contributed by atoms with E-state index in [0.29, 0.717) is 0 Å². The number of nitrogens with zero attached hydrogens (tertiary/aromatic N) is 2. The Kier molecular flexibility index (Phi) is 6.47. The molecule has 0 radical (unpaired) electrons. The number of hydrogen-bond acceptors (Lipinski definition) is 5. The number of rotatable bonds is 8. The maximum Gasteiger partial charge on any atom is 0.116 e. The lowest BCUT2D eigenvalue weighted by atomic mass is 10.0. The van der Waals surface area contributed by atoms with E-state index >= 15 is 0 Å². The molecule has 1 rings (SSSR count). The van der Waals surface area contributed by atoms with Crippen LogP contribution < -0.4 is 5.32 Å². The van der Waals surface area contributed by atoms with Gasteiger partial charge in [-0.3, -0.25) is 0 Å². The molecule has 0 saturated heterocycles. The summed E-state index contributed by atoms with van der Waals surface area (Å²) in [7, 11) is 0. The molecule has 1 aromatic rings. The number of aromatic nitrogens is 2. The maximum absolute atomic E-state index is 9.41. The fourth-order valence-electron chi connectivity index (χ4n) is 1.39. The van der Waals surface area contributed by atoms with Crippen molar-refractivity contribution in [3.63, 3.8) is 0 Å². The summed E-state index contributed by atoms with van der Waals surface area (Å²) in [4.78, 5) is 8.04. The van der Waals surface area contributed by atoms with E-state index in [9.17, 15) is 5.11 Å². The Bertz CT molecular complexity index is 310. The van der Waals surface area contributed by atoms with Crippen molar-refractivity contribution >= 4 is 11.8 Å². The summed E-state index contributed by atoms with van der Waals surface area (Å²) in [6.07, 6.45) is 5.30. The van der Waals surface area contributed by atoms with Gasteiger partial charge in [0.05, 0.1) is 11.6 Å². The monoisotopic (exact) mass is 255 g/mol. The summed E-state index contributed by atoms with van der Waals surface area (Å²) < 4.78 is 0. The molecule has 2 N–H and O–H groups in total. The van der Waals surface area contributed by atoms with Gasteiger partial charge in [0.2, 0.25) is 0 Å². The van der Waals surface area contributed by atoms with Crippen LogP contribution >= 0.6 is 11.8 Å². The van der Waals surface area contributed by atoms with Crippen LogP contribution in [-0.4, -0.2) is 39.5 Å². The summed E-state index contributed by atoms with van der Waals surface area (Å²) in [5, 5.41) is 13.8. The Morgan fingerprint density at radius 2 is 2.35 bits per heavy atom. The third-order valence-corrected chi connectivity index (χ3v) is 3.55. The second-order valence-electron chi connectivity index (χ2n) is 4.29. The Morgan fingerprint density at radius 1 is 1.53 bits per heavy atom. The zero-order chi connectivity index (χ0) is 12.6. The van der Waals surface area contributed by atoms with E-state index in [2.05, 4.69) is 29.1 Å². The van der Waals surface area contributed by atoms with Gasteiger partial charge in [-0.05, 0) is 32.4 Å². The smallest absolute Gasteiger partial charge is 0.116 e. The van der Waals surface area contributed by atoms with Crippen LogP contribution in [0.1, 0.15) is 26.7 Å².